The molecule has 0 aromatic carbocycles. The summed E-state index contributed by atoms with van der Waals surface area (Å²) in [5, 5.41) is 22.4. The van der Waals surface area contributed by atoms with Crippen LogP contribution < -0.4 is 5.32 Å². The number of carboxylic acids is 1. The number of aromatic hydroxyl groups is 1. The van der Waals surface area contributed by atoms with Crippen LogP contribution in [0.2, 0.25) is 0 Å². The zero-order valence-electron chi connectivity index (χ0n) is 20.7. The average molecular weight is 586 g/mol. The van der Waals surface area contributed by atoms with Gasteiger partial charge >= 0.3 is 11.9 Å². The first-order valence-electron chi connectivity index (χ1n) is 11.9. The van der Waals surface area contributed by atoms with Gasteiger partial charge in [0.25, 0.3) is 17.7 Å². The van der Waals surface area contributed by atoms with Crippen LogP contribution >= 0.6 is 0 Å². The highest BCUT2D eigenvalue weighted by atomic mass is 16.5. The zero-order valence-corrected chi connectivity index (χ0v) is 20.7. The topological polar surface area (TPSA) is 269 Å². The first-order valence-corrected chi connectivity index (χ1v) is 11.9. The number of rotatable bonds is 1. The third kappa shape index (κ3) is 3.95. The molecule has 1 aliphatic rings. The fraction of sp³-hybridized carbons (Fsp3) is 0.0417. The lowest BCUT2D eigenvalue weighted by Gasteiger charge is -2.09. The maximum atomic E-state index is 12.8. The van der Waals surface area contributed by atoms with Gasteiger partial charge in [-0.1, -0.05) is 0 Å². The Morgan fingerprint density at radius 3 is 1.63 bits per heavy atom. The predicted octanol–water partition coefficient (Wildman–Crippen LogP) is 3.18. The van der Waals surface area contributed by atoms with E-state index in [0.29, 0.717) is 0 Å². The molecule has 0 radical (unpaired) electrons. The van der Waals surface area contributed by atoms with Crippen molar-refractivity contribution < 1.29 is 50.7 Å². The lowest BCUT2D eigenvalue weighted by atomic mass is 10.3. The molecule has 43 heavy (non-hydrogen) atoms. The monoisotopic (exact) mass is 586 g/mol. The van der Waals surface area contributed by atoms with Crippen molar-refractivity contribution in [2.75, 3.05) is 0 Å². The van der Waals surface area contributed by atoms with E-state index in [9.17, 15) is 19.8 Å². The number of hydrogen-bond acceptors (Lipinski definition) is 17. The third-order valence-electron chi connectivity index (χ3n) is 5.95. The summed E-state index contributed by atoms with van der Waals surface area (Å²) >= 11 is 0. The minimum atomic E-state index is -1.71. The van der Waals surface area contributed by atoms with Crippen molar-refractivity contribution in [2.24, 2.45) is 0 Å². The number of fused-ring (bicyclic) bond motifs is 20. The number of carbonyl (C=O) groups is 2. The number of carbonyl (C=O) groups excluding carboxylic acids is 1. The molecule has 19 heteroatoms. The van der Waals surface area contributed by atoms with E-state index in [1.54, 1.807) is 0 Å². The van der Waals surface area contributed by atoms with Crippen LogP contribution in [0, 0.1) is 0 Å². The summed E-state index contributed by atoms with van der Waals surface area (Å²) < 4.78 is 37.8. The molecular weight excluding hydrogens is 576 g/mol. The van der Waals surface area contributed by atoms with E-state index >= 15 is 0 Å². The van der Waals surface area contributed by atoms with Gasteiger partial charge in [-0.15, -0.1) is 0 Å². The SMILES string of the molecule is O=C1NC(C(=O)O)c2nc(co2)-c2nc(co2)-c2nc(co2)-c2nc(c(O)o2)-c2nc(co2)-c2nc(co2)-c2nc1co2. The Kier molecular flexibility index (Phi) is 4.95. The van der Waals surface area contributed by atoms with Crippen LogP contribution in [0.4, 0.5) is 0 Å². The fourth-order valence-electron chi connectivity index (χ4n) is 3.96. The Labute approximate surface area is 233 Å². The van der Waals surface area contributed by atoms with Gasteiger partial charge in [-0.3, -0.25) is 4.79 Å². The highest BCUT2D eigenvalue weighted by Gasteiger charge is 2.31. The minimum Gasteiger partial charge on any atom is -0.479 e. The molecule has 1 unspecified atom stereocenters. The molecule has 19 nitrogen and oxygen atoms in total. The molecule has 7 aromatic rings. The highest BCUT2D eigenvalue weighted by molar-refractivity contribution is 5.95. The largest absolute Gasteiger partial charge is 0.479 e. The molecule has 1 aliphatic heterocycles. The smallest absolute Gasteiger partial charge is 0.336 e. The second-order valence-electron chi connectivity index (χ2n) is 8.68. The summed E-state index contributed by atoms with van der Waals surface area (Å²) in [5.41, 5.74) is 0.0262. The van der Waals surface area contributed by atoms with Gasteiger partial charge in [-0.25, -0.2) is 34.7 Å². The van der Waals surface area contributed by atoms with E-state index in [1.807, 2.05) is 0 Å². The van der Waals surface area contributed by atoms with Gasteiger partial charge in [0.2, 0.25) is 41.2 Å². The second kappa shape index (κ2) is 8.86. The van der Waals surface area contributed by atoms with Crippen molar-refractivity contribution in [1.29, 1.82) is 0 Å². The molecule has 0 spiro atoms. The van der Waals surface area contributed by atoms with Gasteiger partial charge in [-0.05, 0) is 0 Å². The summed E-state index contributed by atoms with van der Waals surface area (Å²) in [5.74, 6) is -3.84. The van der Waals surface area contributed by atoms with Crippen LogP contribution in [0.3, 0.4) is 0 Å². The van der Waals surface area contributed by atoms with E-state index < -0.39 is 23.9 Å². The molecule has 1 atom stereocenters. The van der Waals surface area contributed by atoms with Crippen molar-refractivity contribution in [3.05, 3.63) is 49.2 Å². The molecule has 8 heterocycles. The Hall–Kier alpha value is -6.79. The van der Waals surface area contributed by atoms with Gasteiger partial charge in [0.15, 0.2) is 34.2 Å². The first-order chi connectivity index (χ1) is 20.9. The number of hydrogen-bond donors (Lipinski definition) is 3. The van der Waals surface area contributed by atoms with Crippen molar-refractivity contribution in [2.45, 2.75) is 6.04 Å². The van der Waals surface area contributed by atoms with Gasteiger partial charge < -0.3 is 46.4 Å². The van der Waals surface area contributed by atoms with Gasteiger partial charge in [-0.2, -0.15) is 4.98 Å². The van der Waals surface area contributed by atoms with E-state index in [-0.39, 0.29) is 81.1 Å². The predicted molar refractivity (Wildman–Crippen MR) is 129 cm³/mol. The van der Waals surface area contributed by atoms with E-state index in [2.05, 4.69) is 40.2 Å². The molecule has 3 N–H and O–H groups in total. The maximum absolute atomic E-state index is 12.8. The van der Waals surface area contributed by atoms with Crippen molar-refractivity contribution in [3.63, 3.8) is 0 Å². The second-order valence-corrected chi connectivity index (χ2v) is 8.68. The molecule has 0 aliphatic carbocycles. The molecule has 14 bridgehead atoms. The summed E-state index contributed by atoms with van der Waals surface area (Å²) in [6.07, 6.45) is 6.90. The lowest BCUT2D eigenvalue weighted by molar-refractivity contribution is -0.140. The number of oxazole rings is 7. The zero-order chi connectivity index (χ0) is 29.2. The Morgan fingerprint density at radius 1 is 0.605 bits per heavy atom. The molecule has 0 fully saturated rings. The molecule has 0 saturated carbocycles. The van der Waals surface area contributed by atoms with Gasteiger partial charge in [0.05, 0.1) is 0 Å². The first kappa shape index (κ1) is 24.0. The Balaban J connectivity index is 1.23. The summed E-state index contributed by atoms with van der Waals surface area (Å²) in [6.45, 7) is 0. The van der Waals surface area contributed by atoms with Crippen LogP contribution in [0.1, 0.15) is 22.4 Å². The molecule has 8 rings (SSSR count). The normalized spacial score (nSPS) is 14.3. The Morgan fingerprint density at radius 2 is 1.05 bits per heavy atom. The van der Waals surface area contributed by atoms with Crippen molar-refractivity contribution >= 4 is 11.9 Å². The number of nitrogens with one attached hydrogen (secondary N) is 1. The maximum Gasteiger partial charge on any atom is 0.336 e. The van der Waals surface area contributed by atoms with E-state index in [0.717, 1.165) is 12.5 Å². The lowest BCUT2D eigenvalue weighted by Crippen LogP contribution is -2.34. The molecule has 1 amide bonds. The number of nitrogens with zero attached hydrogens (tertiary/aromatic N) is 7. The number of aromatic nitrogens is 7. The van der Waals surface area contributed by atoms with Gasteiger partial charge in [0.1, 0.15) is 37.6 Å². The van der Waals surface area contributed by atoms with Crippen LogP contribution in [0.15, 0.2) is 68.5 Å². The van der Waals surface area contributed by atoms with Crippen LogP contribution in [0.5, 0.6) is 5.95 Å². The fourth-order valence-corrected chi connectivity index (χ4v) is 3.96. The van der Waals surface area contributed by atoms with Crippen molar-refractivity contribution in [1.82, 2.24) is 40.2 Å². The van der Waals surface area contributed by atoms with E-state index in [1.165, 1.54) is 25.1 Å². The standard InChI is InChI=1S/C24H10N8O11/c33-15-7-1-37-16(25-7)8-2-38-19(26-8)11-5-42-22(30-11)14-24(36)43-20(32-14)12-6-40-17(28-12)9-3-39-18(27-9)10-4-41-21(29-10)13(31-15)23(34)35/h1-6,13,36H,(H,31,33)(H,34,35). The molecular formula is C24H10N8O11. The van der Waals surface area contributed by atoms with Crippen LogP contribution in [0.25, 0.3) is 69.5 Å². The van der Waals surface area contributed by atoms with Crippen molar-refractivity contribution in [3.8, 4) is 75.5 Å². The average Bonchev–Trinajstić information content (AvgIpc) is 3.84. The molecule has 0 saturated heterocycles. The highest BCUT2D eigenvalue weighted by Crippen LogP contribution is 2.35. The number of carboxylic acid groups (broad SMARTS) is 1. The summed E-state index contributed by atoms with van der Waals surface area (Å²) in [6, 6.07) is -1.71. The molecule has 212 valence electrons. The number of amides is 1. The van der Waals surface area contributed by atoms with Gasteiger partial charge in [0, 0.05) is 0 Å². The number of aliphatic carboxylic acids is 1. The van der Waals surface area contributed by atoms with Crippen LogP contribution in [-0.2, 0) is 4.79 Å². The summed E-state index contributed by atoms with van der Waals surface area (Å²) in [7, 11) is 0. The van der Waals surface area contributed by atoms with E-state index in [4.69, 9.17) is 30.9 Å². The minimum absolute atomic E-state index is 0.0109. The summed E-state index contributed by atoms with van der Waals surface area (Å²) in [4.78, 5) is 54.1. The quantitative estimate of drug-likeness (QED) is 0.249. The third-order valence-corrected chi connectivity index (χ3v) is 5.95. The van der Waals surface area contributed by atoms with Crippen LogP contribution in [-0.4, -0.2) is 57.0 Å². The molecule has 7 aromatic heterocycles. The Bertz CT molecular complexity index is 2170.